The Hall–Kier alpha value is -3.86. The molecule has 0 saturated carbocycles. The van der Waals surface area contributed by atoms with Crippen LogP contribution in [0.1, 0.15) is 27.9 Å². The topological polar surface area (TPSA) is 82.1 Å². The van der Waals surface area contributed by atoms with E-state index in [1.54, 1.807) is 28.1 Å². The number of aliphatic imine (C=N–C) groups is 1. The highest BCUT2D eigenvalue weighted by Gasteiger charge is 2.35. The Morgan fingerprint density at radius 3 is 2.32 bits per heavy atom. The number of carbonyl (C=O) groups is 1. The molecule has 38 heavy (non-hydrogen) atoms. The Balaban J connectivity index is 1.24. The summed E-state index contributed by atoms with van der Waals surface area (Å²) in [6, 6.07) is 16.6. The van der Waals surface area contributed by atoms with Crippen molar-refractivity contribution in [3.63, 3.8) is 0 Å². The predicted molar refractivity (Wildman–Crippen MR) is 140 cm³/mol. The molecule has 2 aliphatic heterocycles. The number of aryl methyl sites for hydroxylation is 1. The van der Waals surface area contributed by atoms with Gasteiger partial charge >= 0.3 is 6.18 Å². The number of hydrogen-bond donors (Lipinski definition) is 1. The maximum Gasteiger partial charge on any atom is 0.418 e. The van der Waals surface area contributed by atoms with Crippen LogP contribution in [0.2, 0.25) is 0 Å². The van der Waals surface area contributed by atoms with Gasteiger partial charge in [0.05, 0.1) is 11.3 Å². The number of hydrogen-bond acceptors (Lipinski definition) is 5. The van der Waals surface area contributed by atoms with E-state index in [1.165, 1.54) is 42.5 Å². The summed E-state index contributed by atoms with van der Waals surface area (Å²) in [5.74, 6) is -0.269. The van der Waals surface area contributed by atoms with Crippen molar-refractivity contribution in [3.8, 4) is 0 Å². The molecule has 0 aliphatic carbocycles. The Labute approximate surface area is 218 Å². The van der Waals surface area contributed by atoms with Gasteiger partial charge in [0.1, 0.15) is 4.90 Å². The SMILES string of the molecule is O=C(c1ccc(NS(=O)(=O)c2cccc3c2N=CCC3)cc1)N1CCN(c2ccccc2C(F)(F)F)CC1. The van der Waals surface area contributed by atoms with Gasteiger partial charge in [0, 0.05) is 49.3 Å². The third-order valence-electron chi connectivity index (χ3n) is 6.64. The molecule has 11 heteroatoms. The number of nitrogens with one attached hydrogen (secondary N) is 1. The second-order valence-corrected chi connectivity index (χ2v) is 10.7. The smallest absolute Gasteiger partial charge is 0.367 e. The molecule has 1 N–H and O–H groups in total. The second kappa shape index (κ2) is 10.1. The molecule has 5 rings (SSSR count). The molecule has 7 nitrogen and oxygen atoms in total. The van der Waals surface area contributed by atoms with Gasteiger partial charge in [-0.05, 0) is 60.9 Å². The molecular weight excluding hydrogens is 517 g/mol. The molecule has 3 aromatic rings. The van der Waals surface area contributed by atoms with Crippen LogP contribution in [0.15, 0.2) is 76.6 Å². The van der Waals surface area contributed by atoms with E-state index in [0.717, 1.165) is 24.5 Å². The fraction of sp³-hybridized carbons (Fsp3) is 0.259. The number of para-hydroxylation sites is 2. The highest BCUT2D eigenvalue weighted by Crippen LogP contribution is 2.37. The lowest BCUT2D eigenvalue weighted by atomic mass is 10.1. The molecule has 3 aromatic carbocycles. The third-order valence-corrected chi connectivity index (χ3v) is 8.05. The molecule has 0 bridgehead atoms. The van der Waals surface area contributed by atoms with Gasteiger partial charge in [0.25, 0.3) is 15.9 Å². The fourth-order valence-electron chi connectivity index (χ4n) is 4.72. The largest absolute Gasteiger partial charge is 0.418 e. The number of anilines is 2. The van der Waals surface area contributed by atoms with Crippen LogP contribution in [-0.2, 0) is 22.6 Å². The number of sulfonamides is 1. The summed E-state index contributed by atoms with van der Waals surface area (Å²) in [7, 11) is -3.90. The van der Waals surface area contributed by atoms with Gasteiger partial charge in [-0.3, -0.25) is 14.5 Å². The van der Waals surface area contributed by atoms with Crippen molar-refractivity contribution in [2.75, 3.05) is 35.8 Å². The number of amides is 1. The van der Waals surface area contributed by atoms with Gasteiger partial charge < -0.3 is 9.80 Å². The number of benzene rings is 3. The third kappa shape index (κ3) is 5.24. The normalized spacial score (nSPS) is 15.8. The maximum atomic E-state index is 13.4. The van der Waals surface area contributed by atoms with E-state index >= 15 is 0 Å². The molecule has 2 aliphatic rings. The molecule has 1 amide bonds. The average molecular weight is 543 g/mol. The molecule has 0 unspecified atom stereocenters. The summed E-state index contributed by atoms with van der Waals surface area (Å²) in [5, 5.41) is 0. The lowest BCUT2D eigenvalue weighted by Crippen LogP contribution is -2.49. The highest BCUT2D eigenvalue weighted by molar-refractivity contribution is 7.92. The van der Waals surface area contributed by atoms with Crippen molar-refractivity contribution >= 4 is 39.2 Å². The van der Waals surface area contributed by atoms with Crippen molar-refractivity contribution in [3.05, 3.63) is 83.4 Å². The van der Waals surface area contributed by atoms with Crippen LogP contribution in [0.3, 0.4) is 0 Å². The number of fused-ring (bicyclic) bond motifs is 1. The minimum Gasteiger partial charge on any atom is -0.367 e. The van der Waals surface area contributed by atoms with E-state index in [-0.39, 0.29) is 42.7 Å². The summed E-state index contributed by atoms with van der Waals surface area (Å²) >= 11 is 0. The quantitative estimate of drug-likeness (QED) is 0.486. The van der Waals surface area contributed by atoms with Crippen molar-refractivity contribution < 1.29 is 26.4 Å². The van der Waals surface area contributed by atoms with Crippen LogP contribution in [0.4, 0.5) is 30.2 Å². The molecule has 0 aromatic heterocycles. The summed E-state index contributed by atoms with van der Waals surface area (Å²) in [6.07, 6.45) is -1.27. The minimum atomic E-state index is -4.46. The zero-order valence-electron chi connectivity index (χ0n) is 20.3. The molecule has 0 spiro atoms. The lowest BCUT2D eigenvalue weighted by Gasteiger charge is -2.37. The first kappa shape index (κ1) is 25.8. The van der Waals surface area contributed by atoms with E-state index in [4.69, 9.17) is 0 Å². The standard InChI is InChI=1S/C27H25F3N4O3S/c28-27(29,30)22-7-1-2-8-23(22)33-15-17-34(18-16-33)26(35)20-10-12-21(13-11-20)32-38(36,37)24-9-3-5-19-6-4-14-31-25(19)24/h1-3,5,7-14,32H,4,6,15-18H2. The lowest BCUT2D eigenvalue weighted by molar-refractivity contribution is -0.137. The molecular formula is C27H25F3N4O3S. The van der Waals surface area contributed by atoms with Gasteiger partial charge in [0.2, 0.25) is 0 Å². The molecule has 1 fully saturated rings. The summed E-state index contributed by atoms with van der Waals surface area (Å²) in [5.41, 5.74) is 1.38. The van der Waals surface area contributed by atoms with Crippen LogP contribution in [0.5, 0.6) is 0 Å². The number of alkyl halides is 3. The molecule has 1 saturated heterocycles. The van der Waals surface area contributed by atoms with Crippen LogP contribution in [-0.4, -0.2) is 51.6 Å². The van der Waals surface area contributed by atoms with Gasteiger partial charge in [-0.15, -0.1) is 0 Å². The number of piperazine rings is 1. The van der Waals surface area contributed by atoms with E-state index in [2.05, 4.69) is 9.71 Å². The van der Waals surface area contributed by atoms with Gasteiger partial charge in [-0.1, -0.05) is 24.3 Å². The van der Waals surface area contributed by atoms with Crippen LogP contribution in [0.25, 0.3) is 0 Å². The first-order chi connectivity index (χ1) is 18.1. The maximum absolute atomic E-state index is 13.4. The summed E-state index contributed by atoms with van der Waals surface area (Å²) in [6.45, 7) is 1.05. The van der Waals surface area contributed by atoms with Crippen LogP contribution < -0.4 is 9.62 Å². The first-order valence-electron chi connectivity index (χ1n) is 12.1. The zero-order chi connectivity index (χ0) is 26.9. The van der Waals surface area contributed by atoms with E-state index in [9.17, 15) is 26.4 Å². The van der Waals surface area contributed by atoms with Gasteiger partial charge in [-0.2, -0.15) is 13.2 Å². The van der Waals surface area contributed by atoms with Crippen molar-refractivity contribution in [2.45, 2.75) is 23.9 Å². The Morgan fingerprint density at radius 1 is 0.895 bits per heavy atom. The predicted octanol–water partition coefficient (Wildman–Crippen LogP) is 5.12. The first-order valence-corrected chi connectivity index (χ1v) is 13.6. The van der Waals surface area contributed by atoms with Crippen molar-refractivity contribution in [1.29, 1.82) is 0 Å². The van der Waals surface area contributed by atoms with E-state index in [1.807, 2.05) is 6.07 Å². The Morgan fingerprint density at radius 2 is 1.61 bits per heavy atom. The highest BCUT2D eigenvalue weighted by atomic mass is 32.2. The fourth-order valence-corrected chi connectivity index (χ4v) is 5.97. The minimum absolute atomic E-state index is 0.0936. The van der Waals surface area contributed by atoms with Gasteiger partial charge in [-0.25, -0.2) is 8.42 Å². The van der Waals surface area contributed by atoms with Gasteiger partial charge in [0.15, 0.2) is 0 Å². The number of rotatable bonds is 5. The zero-order valence-corrected chi connectivity index (χ0v) is 21.1. The van der Waals surface area contributed by atoms with Crippen LogP contribution in [0, 0.1) is 0 Å². The number of nitrogens with zero attached hydrogens (tertiary/aromatic N) is 3. The van der Waals surface area contributed by atoms with E-state index in [0.29, 0.717) is 16.9 Å². The Kier molecular flexibility index (Phi) is 6.87. The average Bonchev–Trinajstić information content (AvgIpc) is 2.92. The summed E-state index contributed by atoms with van der Waals surface area (Å²) in [4.78, 5) is 20.6. The molecule has 0 radical (unpaired) electrons. The molecule has 198 valence electrons. The van der Waals surface area contributed by atoms with E-state index < -0.39 is 21.8 Å². The molecule has 0 atom stereocenters. The Bertz CT molecular complexity index is 1480. The monoisotopic (exact) mass is 542 g/mol. The van der Waals surface area contributed by atoms with Crippen LogP contribution >= 0.6 is 0 Å². The number of carbonyl (C=O) groups excluding carboxylic acids is 1. The number of halogens is 3. The molecule has 2 heterocycles. The van der Waals surface area contributed by atoms with Crippen molar-refractivity contribution in [1.82, 2.24) is 4.90 Å². The van der Waals surface area contributed by atoms with Crippen molar-refractivity contribution in [2.24, 2.45) is 4.99 Å². The second-order valence-electron chi connectivity index (χ2n) is 9.09. The summed E-state index contributed by atoms with van der Waals surface area (Å²) < 4.78 is 68.8.